The Morgan fingerprint density at radius 3 is 2.10 bits per heavy atom. The Labute approximate surface area is 129 Å². The van der Waals surface area contributed by atoms with Gasteiger partial charge in [0.15, 0.2) is 0 Å². The zero-order valence-electron chi connectivity index (χ0n) is 11.5. The van der Waals surface area contributed by atoms with E-state index in [0.717, 1.165) is 12.8 Å². The zero-order valence-corrected chi connectivity index (χ0v) is 13.1. The van der Waals surface area contributed by atoms with Crippen LogP contribution in [0, 0.1) is 0 Å². The number of carbonyl (C=O) groups is 1. The molecule has 1 saturated carbocycles. The number of benzene rings is 1. The van der Waals surface area contributed by atoms with E-state index in [4.69, 9.17) is 11.6 Å². The van der Waals surface area contributed by atoms with Gasteiger partial charge in [-0.2, -0.15) is 4.72 Å². The summed E-state index contributed by atoms with van der Waals surface area (Å²) >= 11 is 5.74. The highest BCUT2D eigenvalue weighted by Gasteiger charge is 2.42. The van der Waals surface area contributed by atoms with Crippen LogP contribution in [0.1, 0.15) is 38.5 Å². The Bertz CT molecular complexity index is 604. The van der Waals surface area contributed by atoms with Crippen LogP contribution in [0.3, 0.4) is 0 Å². The molecule has 2 N–H and O–H groups in total. The minimum absolute atomic E-state index is 0.0248. The molecule has 116 valence electrons. The molecule has 2 rings (SSSR count). The predicted molar refractivity (Wildman–Crippen MR) is 79.8 cm³/mol. The first kappa shape index (κ1) is 16.3. The fraction of sp³-hybridized carbons (Fsp3) is 0.500. The largest absolute Gasteiger partial charge is 0.480 e. The van der Waals surface area contributed by atoms with Crippen molar-refractivity contribution < 1.29 is 18.3 Å². The fourth-order valence-electron chi connectivity index (χ4n) is 2.62. The van der Waals surface area contributed by atoms with Crippen molar-refractivity contribution in [1.29, 1.82) is 0 Å². The normalized spacial score (nSPS) is 18.9. The summed E-state index contributed by atoms with van der Waals surface area (Å²) in [4.78, 5) is 11.7. The van der Waals surface area contributed by atoms with E-state index >= 15 is 0 Å². The molecule has 0 saturated heterocycles. The summed E-state index contributed by atoms with van der Waals surface area (Å²) in [5.74, 6) is -1.11. The highest BCUT2D eigenvalue weighted by Crippen LogP contribution is 2.29. The van der Waals surface area contributed by atoms with Gasteiger partial charge in [0.1, 0.15) is 5.54 Å². The van der Waals surface area contributed by atoms with Crippen molar-refractivity contribution in [2.45, 2.75) is 49.0 Å². The van der Waals surface area contributed by atoms with Crippen LogP contribution in [0.2, 0.25) is 5.02 Å². The van der Waals surface area contributed by atoms with Crippen molar-refractivity contribution >= 4 is 27.6 Å². The molecule has 0 unspecified atom stereocenters. The Morgan fingerprint density at radius 2 is 1.62 bits per heavy atom. The topological polar surface area (TPSA) is 83.5 Å². The van der Waals surface area contributed by atoms with Gasteiger partial charge in [-0.1, -0.05) is 37.3 Å². The summed E-state index contributed by atoms with van der Waals surface area (Å²) in [5.41, 5.74) is -1.41. The van der Waals surface area contributed by atoms with Gasteiger partial charge >= 0.3 is 5.97 Å². The second-order valence-electron chi connectivity index (χ2n) is 5.36. The standard InChI is InChI=1S/C14H18ClNO4S/c15-11-5-7-12(8-6-11)21(19,20)16-14(13(17)18)9-3-1-2-4-10-14/h5-8,16H,1-4,9-10H2,(H,17,18). The first-order valence-electron chi connectivity index (χ1n) is 6.89. The summed E-state index contributed by atoms with van der Waals surface area (Å²) in [7, 11) is -3.89. The first-order valence-corrected chi connectivity index (χ1v) is 8.75. The molecule has 1 aromatic rings. The van der Waals surface area contributed by atoms with Crippen LogP contribution in [-0.2, 0) is 14.8 Å². The van der Waals surface area contributed by atoms with E-state index in [9.17, 15) is 18.3 Å². The number of sulfonamides is 1. The Balaban J connectivity index is 2.31. The summed E-state index contributed by atoms with van der Waals surface area (Å²) in [6.07, 6.45) is 3.89. The number of hydrogen-bond donors (Lipinski definition) is 2. The lowest BCUT2D eigenvalue weighted by molar-refractivity contribution is -0.144. The van der Waals surface area contributed by atoms with Gasteiger partial charge in [0.05, 0.1) is 4.90 Å². The molecule has 0 bridgehead atoms. The number of halogens is 1. The molecule has 1 fully saturated rings. The molecule has 0 amide bonds. The van der Waals surface area contributed by atoms with Crippen molar-refractivity contribution in [2.75, 3.05) is 0 Å². The lowest BCUT2D eigenvalue weighted by Crippen LogP contribution is -2.54. The number of carboxylic acids is 1. The molecular formula is C14H18ClNO4S. The smallest absolute Gasteiger partial charge is 0.324 e. The van der Waals surface area contributed by atoms with Gasteiger partial charge in [0.2, 0.25) is 10.0 Å². The molecule has 1 aliphatic carbocycles. The Kier molecular flexibility index (Phi) is 4.91. The second kappa shape index (κ2) is 6.34. The summed E-state index contributed by atoms with van der Waals surface area (Å²) < 4.78 is 27.2. The van der Waals surface area contributed by atoms with Crippen LogP contribution >= 0.6 is 11.6 Å². The highest BCUT2D eigenvalue weighted by atomic mass is 35.5. The number of carboxylic acid groups (broad SMARTS) is 1. The fourth-order valence-corrected chi connectivity index (χ4v) is 4.17. The molecule has 0 aliphatic heterocycles. The van der Waals surface area contributed by atoms with E-state index in [0.29, 0.717) is 30.7 Å². The molecule has 7 heteroatoms. The Morgan fingerprint density at radius 1 is 1.10 bits per heavy atom. The number of nitrogens with one attached hydrogen (secondary N) is 1. The molecule has 0 spiro atoms. The molecule has 0 heterocycles. The second-order valence-corrected chi connectivity index (χ2v) is 7.48. The lowest BCUT2D eigenvalue weighted by Gasteiger charge is -2.28. The van der Waals surface area contributed by atoms with Crippen molar-refractivity contribution in [1.82, 2.24) is 4.72 Å². The predicted octanol–water partition coefficient (Wildman–Crippen LogP) is 2.80. The zero-order chi connectivity index (χ0) is 15.5. The molecule has 0 aromatic heterocycles. The van der Waals surface area contributed by atoms with Crippen LogP contribution in [0.15, 0.2) is 29.2 Å². The lowest BCUT2D eigenvalue weighted by atomic mass is 9.92. The SMILES string of the molecule is O=C(O)C1(NS(=O)(=O)c2ccc(Cl)cc2)CCCCCC1. The van der Waals surface area contributed by atoms with Gasteiger partial charge in [-0.3, -0.25) is 4.79 Å². The first-order chi connectivity index (χ1) is 9.86. The maximum atomic E-state index is 12.4. The maximum absolute atomic E-state index is 12.4. The maximum Gasteiger partial charge on any atom is 0.324 e. The van der Waals surface area contributed by atoms with Crippen LogP contribution < -0.4 is 4.72 Å². The van der Waals surface area contributed by atoms with Gasteiger partial charge in [-0.25, -0.2) is 8.42 Å². The van der Waals surface area contributed by atoms with Crippen molar-refractivity contribution in [2.24, 2.45) is 0 Å². The minimum Gasteiger partial charge on any atom is -0.480 e. The molecule has 21 heavy (non-hydrogen) atoms. The number of aliphatic carboxylic acids is 1. The van der Waals surface area contributed by atoms with E-state index in [-0.39, 0.29) is 4.90 Å². The van der Waals surface area contributed by atoms with E-state index < -0.39 is 21.5 Å². The van der Waals surface area contributed by atoms with Gasteiger partial charge in [0, 0.05) is 5.02 Å². The van der Waals surface area contributed by atoms with Crippen LogP contribution in [0.25, 0.3) is 0 Å². The third kappa shape index (κ3) is 3.75. The average Bonchev–Trinajstić information content (AvgIpc) is 2.65. The molecule has 1 aliphatic rings. The third-order valence-corrected chi connectivity index (χ3v) is 5.62. The minimum atomic E-state index is -3.89. The monoisotopic (exact) mass is 331 g/mol. The van der Waals surface area contributed by atoms with E-state index in [1.165, 1.54) is 24.3 Å². The summed E-state index contributed by atoms with van der Waals surface area (Å²) in [5, 5.41) is 9.95. The summed E-state index contributed by atoms with van der Waals surface area (Å²) in [6.45, 7) is 0. The van der Waals surface area contributed by atoms with Gasteiger partial charge in [-0.05, 0) is 37.1 Å². The van der Waals surface area contributed by atoms with E-state index in [1.807, 2.05) is 0 Å². The number of rotatable bonds is 4. The highest BCUT2D eigenvalue weighted by molar-refractivity contribution is 7.89. The van der Waals surface area contributed by atoms with Crippen molar-refractivity contribution in [3.63, 3.8) is 0 Å². The van der Waals surface area contributed by atoms with Crippen LogP contribution in [-0.4, -0.2) is 25.0 Å². The van der Waals surface area contributed by atoms with E-state index in [2.05, 4.69) is 4.72 Å². The molecule has 1 aromatic carbocycles. The van der Waals surface area contributed by atoms with Crippen LogP contribution in [0.4, 0.5) is 0 Å². The van der Waals surface area contributed by atoms with Crippen LogP contribution in [0.5, 0.6) is 0 Å². The van der Waals surface area contributed by atoms with Gasteiger partial charge in [0.25, 0.3) is 0 Å². The molecule has 5 nitrogen and oxygen atoms in total. The quantitative estimate of drug-likeness (QED) is 0.831. The Hall–Kier alpha value is -1.11. The van der Waals surface area contributed by atoms with E-state index in [1.54, 1.807) is 0 Å². The third-order valence-electron chi connectivity index (χ3n) is 3.82. The van der Waals surface area contributed by atoms with Gasteiger partial charge < -0.3 is 5.11 Å². The summed E-state index contributed by atoms with van der Waals surface area (Å²) in [6, 6.07) is 5.68. The molecular weight excluding hydrogens is 314 g/mol. The van der Waals surface area contributed by atoms with Crippen molar-refractivity contribution in [3.8, 4) is 0 Å². The molecule has 0 radical (unpaired) electrons. The van der Waals surface area contributed by atoms with Gasteiger partial charge in [-0.15, -0.1) is 0 Å². The average molecular weight is 332 g/mol. The van der Waals surface area contributed by atoms with Crippen molar-refractivity contribution in [3.05, 3.63) is 29.3 Å². The number of hydrogen-bond acceptors (Lipinski definition) is 3. The molecule has 0 atom stereocenters.